The van der Waals surface area contributed by atoms with Crippen molar-refractivity contribution in [1.82, 2.24) is 4.90 Å². The molecule has 1 heterocycles. The summed E-state index contributed by atoms with van der Waals surface area (Å²) in [5.74, 6) is -0.386. The van der Waals surface area contributed by atoms with Gasteiger partial charge in [0.2, 0.25) is 0 Å². The summed E-state index contributed by atoms with van der Waals surface area (Å²) in [7, 11) is 0. The van der Waals surface area contributed by atoms with Gasteiger partial charge in [0.15, 0.2) is 0 Å². The first kappa shape index (κ1) is 18.7. The van der Waals surface area contributed by atoms with Gasteiger partial charge in [-0.3, -0.25) is 0 Å². The SMILES string of the molecule is C[C@]1(Cc2ccccc2)C[C@](C#N)(Nc2cccc(F)c2)CCN1C(=O)O. The van der Waals surface area contributed by atoms with E-state index < -0.39 is 17.2 Å². The maximum absolute atomic E-state index is 13.5. The predicted molar refractivity (Wildman–Crippen MR) is 101 cm³/mol. The number of nitrogens with one attached hydrogen (secondary N) is 1. The lowest BCUT2D eigenvalue weighted by Crippen LogP contribution is -2.62. The van der Waals surface area contributed by atoms with Gasteiger partial charge >= 0.3 is 6.09 Å². The molecular weight excluding hydrogens is 345 g/mol. The van der Waals surface area contributed by atoms with Crippen molar-refractivity contribution >= 4 is 11.8 Å². The van der Waals surface area contributed by atoms with Crippen molar-refractivity contribution in [2.24, 2.45) is 0 Å². The largest absolute Gasteiger partial charge is 0.465 e. The highest BCUT2D eigenvalue weighted by Crippen LogP contribution is 2.39. The molecule has 2 N–H and O–H groups in total. The molecule has 0 unspecified atom stereocenters. The molecule has 140 valence electrons. The Morgan fingerprint density at radius 1 is 1.30 bits per heavy atom. The van der Waals surface area contributed by atoms with Crippen molar-refractivity contribution in [3.8, 4) is 6.07 Å². The fourth-order valence-electron chi connectivity index (χ4n) is 4.00. The number of hydrogen-bond acceptors (Lipinski definition) is 3. The molecule has 0 saturated carbocycles. The van der Waals surface area contributed by atoms with Gasteiger partial charge in [0.25, 0.3) is 0 Å². The second-order valence-electron chi connectivity index (χ2n) is 7.35. The van der Waals surface area contributed by atoms with E-state index in [1.165, 1.54) is 17.0 Å². The maximum Gasteiger partial charge on any atom is 0.407 e. The zero-order valence-corrected chi connectivity index (χ0v) is 15.2. The highest BCUT2D eigenvalue weighted by atomic mass is 19.1. The Hall–Kier alpha value is -3.07. The Morgan fingerprint density at radius 3 is 2.67 bits per heavy atom. The van der Waals surface area contributed by atoms with Gasteiger partial charge in [-0.1, -0.05) is 36.4 Å². The first-order chi connectivity index (χ1) is 12.9. The van der Waals surface area contributed by atoms with Gasteiger partial charge in [0, 0.05) is 25.1 Å². The third kappa shape index (κ3) is 4.03. The minimum absolute atomic E-state index is 0.231. The van der Waals surface area contributed by atoms with E-state index in [2.05, 4.69) is 11.4 Å². The van der Waals surface area contributed by atoms with Crippen LogP contribution in [-0.2, 0) is 6.42 Å². The van der Waals surface area contributed by atoms with Gasteiger partial charge in [0.05, 0.1) is 11.6 Å². The highest BCUT2D eigenvalue weighted by Gasteiger charge is 2.49. The molecule has 1 saturated heterocycles. The normalized spacial score (nSPS) is 24.9. The average Bonchev–Trinajstić information content (AvgIpc) is 2.62. The minimum atomic E-state index is -0.995. The van der Waals surface area contributed by atoms with Crippen LogP contribution in [0.15, 0.2) is 54.6 Å². The Balaban J connectivity index is 1.92. The van der Waals surface area contributed by atoms with Crippen molar-refractivity contribution in [1.29, 1.82) is 5.26 Å². The third-order valence-corrected chi connectivity index (χ3v) is 5.18. The number of rotatable bonds is 4. The molecule has 2 aromatic carbocycles. The van der Waals surface area contributed by atoms with E-state index in [-0.39, 0.29) is 12.4 Å². The maximum atomic E-state index is 13.5. The molecule has 27 heavy (non-hydrogen) atoms. The second kappa shape index (κ2) is 7.28. The van der Waals surface area contributed by atoms with Gasteiger partial charge in [-0.25, -0.2) is 9.18 Å². The smallest absolute Gasteiger partial charge is 0.407 e. The first-order valence-corrected chi connectivity index (χ1v) is 8.85. The summed E-state index contributed by atoms with van der Waals surface area (Å²) < 4.78 is 13.5. The molecule has 0 radical (unpaired) electrons. The Morgan fingerprint density at radius 2 is 2.04 bits per heavy atom. The van der Waals surface area contributed by atoms with E-state index in [9.17, 15) is 19.6 Å². The van der Waals surface area contributed by atoms with Crippen LogP contribution in [0.25, 0.3) is 0 Å². The first-order valence-electron chi connectivity index (χ1n) is 8.85. The molecule has 2 aromatic rings. The molecule has 0 aliphatic carbocycles. The number of likely N-dealkylation sites (tertiary alicyclic amines) is 1. The van der Waals surface area contributed by atoms with E-state index in [0.717, 1.165) is 5.56 Å². The lowest BCUT2D eigenvalue weighted by Gasteiger charge is -2.49. The number of nitriles is 1. The lowest BCUT2D eigenvalue weighted by atomic mass is 9.74. The summed E-state index contributed by atoms with van der Waals surface area (Å²) in [4.78, 5) is 13.3. The van der Waals surface area contributed by atoms with Crippen LogP contribution in [0.3, 0.4) is 0 Å². The monoisotopic (exact) mass is 367 g/mol. The summed E-state index contributed by atoms with van der Waals surface area (Å²) >= 11 is 0. The van der Waals surface area contributed by atoms with Gasteiger partial charge in [-0.2, -0.15) is 5.26 Å². The number of hydrogen-bond donors (Lipinski definition) is 2. The second-order valence-corrected chi connectivity index (χ2v) is 7.35. The molecular formula is C21H22FN3O2. The number of carbonyl (C=O) groups is 1. The zero-order valence-electron chi connectivity index (χ0n) is 15.2. The molecule has 0 spiro atoms. The molecule has 1 aliphatic heterocycles. The molecule has 0 bridgehead atoms. The standard InChI is InChI=1S/C21H22FN3O2/c1-20(13-16-6-3-2-4-7-16)14-21(15-23,10-11-25(20)19(26)27)24-18-9-5-8-17(22)12-18/h2-9,12,24H,10-11,13-14H2,1H3,(H,26,27)/t20-,21+/m0/s1. The number of halogens is 1. The van der Waals surface area contributed by atoms with Gasteiger partial charge in [-0.05, 0) is 37.1 Å². The molecule has 1 amide bonds. The highest BCUT2D eigenvalue weighted by molar-refractivity contribution is 5.67. The lowest BCUT2D eigenvalue weighted by molar-refractivity contribution is 0.0432. The number of anilines is 1. The third-order valence-electron chi connectivity index (χ3n) is 5.18. The molecule has 6 heteroatoms. The fraction of sp³-hybridized carbons (Fsp3) is 0.333. The van der Waals surface area contributed by atoms with E-state index in [0.29, 0.717) is 24.9 Å². The summed E-state index contributed by atoms with van der Waals surface area (Å²) in [6.07, 6.45) is 0.130. The van der Waals surface area contributed by atoms with E-state index >= 15 is 0 Å². The van der Waals surface area contributed by atoms with Crippen LogP contribution in [-0.4, -0.2) is 33.7 Å². The van der Waals surface area contributed by atoms with Crippen molar-refractivity contribution < 1.29 is 14.3 Å². The van der Waals surface area contributed by atoms with E-state index in [4.69, 9.17) is 0 Å². The van der Waals surface area contributed by atoms with Crippen LogP contribution in [0.2, 0.25) is 0 Å². The molecule has 3 rings (SSSR count). The number of amides is 1. The Labute approximate surface area is 158 Å². The molecule has 5 nitrogen and oxygen atoms in total. The van der Waals surface area contributed by atoms with Gasteiger partial charge in [0.1, 0.15) is 11.4 Å². The van der Waals surface area contributed by atoms with Crippen molar-refractivity contribution in [3.63, 3.8) is 0 Å². The number of benzene rings is 2. The van der Waals surface area contributed by atoms with Gasteiger partial charge < -0.3 is 15.3 Å². The molecule has 2 atom stereocenters. The topological polar surface area (TPSA) is 76.4 Å². The van der Waals surface area contributed by atoms with E-state index in [1.54, 1.807) is 12.1 Å². The molecule has 0 aromatic heterocycles. The number of piperidine rings is 1. The van der Waals surface area contributed by atoms with Crippen LogP contribution >= 0.6 is 0 Å². The summed E-state index contributed by atoms with van der Waals surface area (Å²) in [6, 6.07) is 17.9. The summed E-state index contributed by atoms with van der Waals surface area (Å²) in [5, 5.41) is 22.8. The Kier molecular flexibility index (Phi) is 5.04. The van der Waals surface area contributed by atoms with Crippen molar-refractivity contribution in [2.75, 3.05) is 11.9 Å². The molecule has 1 aliphatic rings. The van der Waals surface area contributed by atoms with Crippen molar-refractivity contribution in [3.05, 3.63) is 66.0 Å². The quantitative estimate of drug-likeness (QED) is 0.846. The zero-order chi connectivity index (χ0) is 19.5. The van der Waals surface area contributed by atoms with Crippen LogP contribution < -0.4 is 5.32 Å². The van der Waals surface area contributed by atoms with Crippen LogP contribution in [0.1, 0.15) is 25.3 Å². The summed E-state index contributed by atoms with van der Waals surface area (Å²) in [5.41, 5.74) is -0.210. The fourth-order valence-corrected chi connectivity index (χ4v) is 4.00. The van der Waals surface area contributed by atoms with Crippen LogP contribution in [0.5, 0.6) is 0 Å². The van der Waals surface area contributed by atoms with Gasteiger partial charge in [-0.15, -0.1) is 0 Å². The predicted octanol–water partition coefficient (Wildman–Crippen LogP) is 4.28. The molecule has 1 fully saturated rings. The summed E-state index contributed by atoms with van der Waals surface area (Å²) in [6.45, 7) is 2.10. The number of carboxylic acid groups (broad SMARTS) is 1. The minimum Gasteiger partial charge on any atom is -0.465 e. The number of nitrogens with zero attached hydrogens (tertiary/aromatic N) is 2. The average molecular weight is 367 g/mol. The van der Waals surface area contributed by atoms with E-state index in [1.807, 2.05) is 37.3 Å². The van der Waals surface area contributed by atoms with Crippen molar-refractivity contribution in [2.45, 2.75) is 37.3 Å². The Bertz CT molecular complexity index is 867. The van der Waals surface area contributed by atoms with Crippen LogP contribution in [0.4, 0.5) is 14.9 Å². The van der Waals surface area contributed by atoms with Crippen LogP contribution in [0, 0.1) is 17.1 Å².